The summed E-state index contributed by atoms with van der Waals surface area (Å²) in [5.41, 5.74) is 2.47. The molecule has 122 valence electrons. The first-order chi connectivity index (χ1) is 11.7. The Hall–Kier alpha value is -1.35. The summed E-state index contributed by atoms with van der Waals surface area (Å²) in [6.07, 6.45) is 3.03. The van der Waals surface area contributed by atoms with Gasteiger partial charge in [0.05, 0.1) is 17.3 Å². The van der Waals surface area contributed by atoms with Gasteiger partial charge in [-0.05, 0) is 42.8 Å². The number of benzene rings is 1. The molecule has 0 spiro atoms. The normalized spacial score (nSPS) is 22.9. The fourth-order valence-corrected chi connectivity index (χ4v) is 10.0. The van der Waals surface area contributed by atoms with Gasteiger partial charge >= 0.3 is 5.97 Å². The van der Waals surface area contributed by atoms with E-state index in [0.717, 1.165) is 35.5 Å². The maximum Gasteiger partial charge on any atom is 0.372 e. The van der Waals surface area contributed by atoms with Crippen molar-refractivity contribution in [1.82, 2.24) is 0 Å². The van der Waals surface area contributed by atoms with Crippen LogP contribution in [0.2, 0.25) is 0 Å². The monoisotopic (exact) mass is 372 g/mol. The van der Waals surface area contributed by atoms with Crippen molar-refractivity contribution in [3.63, 3.8) is 0 Å². The molecule has 5 heteroatoms. The lowest BCUT2D eigenvalue weighted by Gasteiger charge is -2.32. The van der Waals surface area contributed by atoms with E-state index in [2.05, 4.69) is 29.6 Å². The second-order valence-corrected chi connectivity index (χ2v) is 11.1. The summed E-state index contributed by atoms with van der Waals surface area (Å²) in [7, 11) is 1.46. The van der Waals surface area contributed by atoms with Crippen molar-refractivity contribution in [2.75, 3.05) is 7.11 Å². The van der Waals surface area contributed by atoms with Crippen LogP contribution in [0.3, 0.4) is 0 Å². The molecule has 24 heavy (non-hydrogen) atoms. The molecule has 0 radical (unpaired) electrons. The zero-order chi connectivity index (χ0) is 16.7. The first-order valence-electron chi connectivity index (χ1n) is 7.93. The van der Waals surface area contributed by atoms with Crippen LogP contribution in [0.4, 0.5) is 0 Å². The molecule has 1 unspecified atom stereocenters. The standard InChI is InChI=1S/C19H17O2PS2/c1-21-19(20)18-15-10-5-9-14(15)17(16-11-6-12-24-16)22(18,23)13-7-3-2-4-8-13/h2-4,6-8,11-12H,5,9-10H2,1H3. The molecular formula is C19H17O2PS2. The van der Waals surface area contributed by atoms with Gasteiger partial charge in [0.1, 0.15) is 5.31 Å². The Morgan fingerprint density at radius 1 is 1.12 bits per heavy atom. The molecule has 1 aliphatic heterocycles. The Bertz CT molecular complexity index is 853. The second-order valence-electron chi connectivity index (χ2n) is 5.92. The van der Waals surface area contributed by atoms with Gasteiger partial charge in [0.2, 0.25) is 0 Å². The van der Waals surface area contributed by atoms with Crippen molar-refractivity contribution < 1.29 is 9.53 Å². The first kappa shape index (κ1) is 16.1. The van der Waals surface area contributed by atoms with Gasteiger partial charge in [-0.15, -0.1) is 11.3 Å². The number of rotatable bonds is 3. The molecule has 2 nitrogen and oxygen atoms in total. The van der Waals surface area contributed by atoms with Crippen LogP contribution in [0.15, 0.2) is 64.3 Å². The zero-order valence-electron chi connectivity index (χ0n) is 13.3. The average molecular weight is 372 g/mol. The number of allylic oxidation sites excluding steroid dienone is 2. The number of hydrogen-bond acceptors (Lipinski definition) is 4. The van der Waals surface area contributed by atoms with Crippen LogP contribution in [-0.2, 0) is 21.8 Å². The maximum atomic E-state index is 12.7. The molecule has 1 atom stereocenters. The minimum Gasteiger partial charge on any atom is -0.540 e. The van der Waals surface area contributed by atoms with Gasteiger partial charge in [-0.3, -0.25) is 0 Å². The van der Waals surface area contributed by atoms with Crippen molar-refractivity contribution in [3.8, 4) is 0 Å². The number of fused-ring (bicyclic) bond motifs is 1. The van der Waals surface area contributed by atoms with E-state index in [1.54, 1.807) is 11.3 Å². The Balaban J connectivity index is 2.02. The minimum atomic E-state index is -2.35. The van der Waals surface area contributed by atoms with Crippen LogP contribution in [0.1, 0.15) is 24.1 Å². The first-order valence-corrected chi connectivity index (χ1v) is 11.6. The van der Waals surface area contributed by atoms with Crippen molar-refractivity contribution >= 4 is 46.6 Å². The fraction of sp³-hybridized carbons (Fsp3) is 0.211. The number of hydrogen-bond donors (Lipinski definition) is 0. The molecule has 0 saturated heterocycles. The highest BCUT2D eigenvalue weighted by atomic mass is 32.7. The highest BCUT2D eigenvalue weighted by Gasteiger charge is 2.52. The maximum absolute atomic E-state index is 12.7. The van der Waals surface area contributed by atoms with Gasteiger partial charge in [0.15, 0.2) is 5.31 Å². The highest BCUT2D eigenvalue weighted by Crippen LogP contribution is 2.79. The van der Waals surface area contributed by atoms with E-state index in [-0.39, 0.29) is 5.97 Å². The lowest BCUT2D eigenvalue weighted by molar-refractivity contribution is -0.135. The van der Waals surface area contributed by atoms with Crippen molar-refractivity contribution in [2.45, 2.75) is 19.3 Å². The zero-order valence-corrected chi connectivity index (χ0v) is 15.8. The third-order valence-electron chi connectivity index (χ3n) is 4.67. The number of thiophene rings is 1. The highest BCUT2D eigenvalue weighted by molar-refractivity contribution is 8.51. The predicted molar refractivity (Wildman–Crippen MR) is 104 cm³/mol. The number of ether oxygens (including phenoxy) is 1. The predicted octanol–water partition coefficient (Wildman–Crippen LogP) is 4.89. The van der Waals surface area contributed by atoms with Crippen LogP contribution >= 0.6 is 17.8 Å². The molecule has 1 aromatic carbocycles. The molecule has 1 saturated carbocycles. The van der Waals surface area contributed by atoms with E-state index in [1.807, 2.05) is 18.2 Å². The number of methoxy groups -OCH3 is 1. The Kier molecular flexibility index (Phi) is 4.16. The largest absolute Gasteiger partial charge is 0.540 e. The van der Waals surface area contributed by atoms with Crippen molar-refractivity contribution in [1.29, 1.82) is 0 Å². The molecule has 1 fully saturated rings. The Morgan fingerprint density at radius 3 is 2.54 bits per heavy atom. The Labute approximate surface area is 151 Å². The van der Waals surface area contributed by atoms with Gasteiger partial charge in [-0.2, -0.15) is 0 Å². The van der Waals surface area contributed by atoms with Gasteiger partial charge in [-0.25, -0.2) is 4.79 Å². The molecule has 1 aliphatic carbocycles. The summed E-state index contributed by atoms with van der Waals surface area (Å²) in [5.74, 6) is -0.247. The summed E-state index contributed by atoms with van der Waals surface area (Å²) in [6, 6.07) is 14.3. The Morgan fingerprint density at radius 2 is 1.88 bits per heavy atom. The summed E-state index contributed by atoms with van der Waals surface area (Å²) < 4.78 is 5.17. The topological polar surface area (TPSA) is 26.3 Å². The molecule has 2 aromatic rings. The van der Waals surface area contributed by atoms with E-state index in [0.29, 0.717) is 0 Å². The third-order valence-corrected chi connectivity index (χ3v) is 10.7. The van der Waals surface area contributed by atoms with E-state index in [1.165, 1.54) is 22.9 Å². The lowest BCUT2D eigenvalue weighted by atomic mass is 10.1. The third kappa shape index (κ3) is 2.24. The molecule has 1 aromatic heterocycles. The molecule has 0 bridgehead atoms. The van der Waals surface area contributed by atoms with Crippen molar-refractivity contribution in [3.05, 3.63) is 69.2 Å². The quantitative estimate of drug-likeness (QED) is 0.436. The van der Waals surface area contributed by atoms with Crippen LogP contribution in [0.5, 0.6) is 0 Å². The summed E-state index contributed by atoms with van der Waals surface area (Å²) in [6.45, 7) is -2.35. The van der Waals surface area contributed by atoms with E-state index < -0.39 is 6.46 Å². The summed E-state index contributed by atoms with van der Waals surface area (Å²) in [5, 5.41) is 5.16. The molecular weight excluding hydrogens is 355 g/mol. The van der Waals surface area contributed by atoms with Crippen LogP contribution in [0.25, 0.3) is 5.31 Å². The van der Waals surface area contributed by atoms with Gasteiger partial charge in [-0.1, -0.05) is 24.3 Å². The molecule has 2 aliphatic rings. The minimum absolute atomic E-state index is 0.247. The van der Waals surface area contributed by atoms with Gasteiger partial charge in [0, 0.05) is 17.6 Å². The number of carbonyl (C=O) groups excluding carboxylic acids is 1. The van der Waals surface area contributed by atoms with Crippen molar-refractivity contribution in [2.24, 2.45) is 0 Å². The van der Waals surface area contributed by atoms with Crippen LogP contribution in [0, 0.1) is 0 Å². The molecule has 2 heterocycles. The average Bonchev–Trinajstić information content (AvgIpc) is 3.32. The molecule has 4 rings (SSSR count). The smallest absolute Gasteiger partial charge is 0.372 e. The van der Waals surface area contributed by atoms with Crippen LogP contribution < -0.4 is 5.30 Å². The van der Waals surface area contributed by atoms with E-state index in [4.69, 9.17) is 17.0 Å². The molecule has 0 amide bonds. The number of carbonyl (C=O) groups is 1. The van der Waals surface area contributed by atoms with E-state index >= 15 is 0 Å². The fourth-order valence-electron chi connectivity index (χ4n) is 3.72. The molecule has 0 N–H and O–H groups in total. The van der Waals surface area contributed by atoms with Gasteiger partial charge < -0.3 is 17.0 Å². The second kappa shape index (κ2) is 6.18. The lowest BCUT2D eigenvalue weighted by Crippen LogP contribution is -2.16. The van der Waals surface area contributed by atoms with Crippen LogP contribution in [-0.4, -0.2) is 13.1 Å². The summed E-state index contributed by atoms with van der Waals surface area (Å²) >= 11 is 8.03. The van der Waals surface area contributed by atoms with Gasteiger partial charge in [0.25, 0.3) is 0 Å². The van der Waals surface area contributed by atoms with E-state index in [9.17, 15) is 4.79 Å². The SMILES string of the molecule is COC(=O)C1=C2CCCC2=C(c2cccs2)[P+]1([S-])c1ccccc1. The summed E-state index contributed by atoms with van der Waals surface area (Å²) in [4.78, 5) is 13.9. The number of esters is 1.